The molecule has 1 amide bonds. The molecule has 206 valence electrons. The third kappa shape index (κ3) is 6.49. The molecule has 2 fully saturated rings. The SMILES string of the molecule is CC(C)=CCOc1cc(Oc2ccc(S(=O)(=O)N3CC4CCC(C3)O4)cc2)cc(C(=O)Nc2ccn(C)n2)c1. The zero-order chi connectivity index (χ0) is 27.6. The Bertz CT molecular complexity index is 1470. The highest BCUT2D eigenvalue weighted by atomic mass is 32.2. The number of fused-ring (bicyclic) bond motifs is 2. The second-order valence-corrected chi connectivity index (χ2v) is 11.9. The van der Waals surface area contributed by atoms with E-state index in [2.05, 4.69) is 10.4 Å². The van der Waals surface area contributed by atoms with Gasteiger partial charge in [0, 0.05) is 44.0 Å². The molecular weight excluding hydrogens is 520 g/mol. The van der Waals surface area contributed by atoms with Gasteiger partial charge in [-0.2, -0.15) is 9.40 Å². The van der Waals surface area contributed by atoms with Gasteiger partial charge in [0.1, 0.15) is 23.9 Å². The van der Waals surface area contributed by atoms with Crippen molar-refractivity contribution in [2.24, 2.45) is 7.05 Å². The Morgan fingerprint density at radius 3 is 2.38 bits per heavy atom. The highest BCUT2D eigenvalue weighted by molar-refractivity contribution is 7.89. The Hall–Kier alpha value is -3.67. The molecule has 11 heteroatoms. The van der Waals surface area contributed by atoms with E-state index in [1.807, 2.05) is 19.9 Å². The normalized spacial score (nSPS) is 18.9. The summed E-state index contributed by atoms with van der Waals surface area (Å²) in [6, 6.07) is 12.9. The number of aryl methyl sites for hydroxylation is 1. The number of allylic oxidation sites excluding steroid dienone is 1. The number of hydrogen-bond acceptors (Lipinski definition) is 7. The molecule has 10 nitrogen and oxygen atoms in total. The molecule has 2 aliphatic rings. The van der Waals surface area contributed by atoms with Crippen LogP contribution in [0.15, 0.2) is 71.3 Å². The minimum Gasteiger partial charge on any atom is -0.489 e. The quantitative estimate of drug-likeness (QED) is 0.393. The summed E-state index contributed by atoms with van der Waals surface area (Å²) in [6.07, 6.45) is 5.38. The van der Waals surface area contributed by atoms with Gasteiger partial charge in [-0.3, -0.25) is 9.48 Å². The lowest BCUT2D eigenvalue weighted by atomic mass is 10.2. The lowest BCUT2D eigenvalue weighted by Crippen LogP contribution is -2.45. The molecule has 0 aliphatic carbocycles. The number of benzene rings is 2. The molecule has 3 heterocycles. The Morgan fingerprint density at radius 1 is 1.05 bits per heavy atom. The van der Waals surface area contributed by atoms with Crippen molar-refractivity contribution < 1.29 is 27.4 Å². The molecule has 3 aromatic rings. The summed E-state index contributed by atoms with van der Waals surface area (Å²) in [5.41, 5.74) is 1.43. The molecule has 1 aromatic heterocycles. The Morgan fingerprint density at radius 2 is 1.74 bits per heavy atom. The number of nitrogens with one attached hydrogen (secondary N) is 1. The number of hydrogen-bond donors (Lipinski definition) is 1. The maximum atomic E-state index is 13.2. The second-order valence-electron chi connectivity index (χ2n) is 9.97. The predicted molar refractivity (Wildman–Crippen MR) is 146 cm³/mol. The van der Waals surface area contributed by atoms with Crippen LogP contribution in [0.4, 0.5) is 5.82 Å². The highest BCUT2D eigenvalue weighted by Gasteiger charge is 2.39. The van der Waals surface area contributed by atoms with Crippen molar-refractivity contribution in [3.63, 3.8) is 0 Å². The molecule has 2 unspecified atom stereocenters. The largest absolute Gasteiger partial charge is 0.489 e. The zero-order valence-corrected chi connectivity index (χ0v) is 23.0. The van der Waals surface area contributed by atoms with Crippen molar-refractivity contribution in [1.82, 2.24) is 14.1 Å². The fraction of sp³-hybridized carbons (Fsp3) is 0.357. The molecule has 5 rings (SSSR count). The smallest absolute Gasteiger partial charge is 0.257 e. The van der Waals surface area contributed by atoms with Gasteiger partial charge in [0.15, 0.2) is 5.82 Å². The molecule has 1 N–H and O–H groups in total. The topological polar surface area (TPSA) is 112 Å². The highest BCUT2D eigenvalue weighted by Crippen LogP contribution is 2.32. The summed E-state index contributed by atoms with van der Waals surface area (Å²) in [4.78, 5) is 13.2. The zero-order valence-electron chi connectivity index (χ0n) is 22.2. The molecule has 2 saturated heterocycles. The summed E-state index contributed by atoms with van der Waals surface area (Å²) < 4.78 is 47.1. The number of sulfonamides is 1. The van der Waals surface area contributed by atoms with Crippen LogP contribution in [0.3, 0.4) is 0 Å². The van der Waals surface area contributed by atoms with E-state index in [-0.39, 0.29) is 23.0 Å². The van der Waals surface area contributed by atoms with Gasteiger partial charge < -0.3 is 19.5 Å². The minimum atomic E-state index is -3.64. The lowest BCUT2D eigenvalue weighted by Gasteiger charge is -2.31. The van der Waals surface area contributed by atoms with Crippen molar-refractivity contribution in [3.05, 3.63) is 71.9 Å². The van der Waals surface area contributed by atoms with Crippen LogP contribution >= 0.6 is 0 Å². The fourth-order valence-corrected chi connectivity index (χ4v) is 6.06. The Balaban J connectivity index is 1.34. The molecule has 2 aromatic carbocycles. The van der Waals surface area contributed by atoms with Gasteiger partial charge in [0.25, 0.3) is 5.91 Å². The third-order valence-electron chi connectivity index (χ3n) is 6.55. The molecule has 2 aliphatic heterocycles. The van der Waals surface area contributed by atoms with Gasteiger partial charge in [-0.15, -0.1) is 0 Å². The fourth-order valence-electron chi connectivity index (χ4n) is 4.56. The van der Waals surface area contributed by atoms with Gasteiger partial charge in [-0.25, -0.2) is 8.42 Å². The average molecular weight is 553 g/mol. The summed E-state index contributed by atoms with van der Waals surface area (Å²) in [5, 5.41) is 6.95. The average Bonchev–Trinajstić information content (AvgIpc) is 3.46. The van der Waals surface area contributed by atoms with Crippen LogP contribution in [0.1, 0.15) is 37.0 Å². The monoisotopic (exact) mass is 552 g/mol. The number of anilines is 1. The van der Waals surface area contributed by atoms with Crippen molar-refractivity contribution in [3.8, 4) is 17.2 Å². The van der Waals surface area contributed by atoms with Crippen LogP contribution in [0.2, 0.25) is 0 Å². The molecule has 0 saturated carbocycles. The van der Waals surface area contributed by atoms with Crippen LogP contribution in [0.5, 0.6) is 17.2 Å². The number of aromatic nitrogens is 2. The first kappa shape index (κ1) is 26.9. The van der Waals surface area contributed by atoms with E-state index < -0.39 is 10.0 Å². The lowest BCUT2D eigenvalue weighted by molar-refractivity contribution is -0.0114. The van der Waals surface area contributed by atoms with E-state index in [4.69, 9.17) is 14.2 Å². The van der Waals surface area contributed by atoms with E-state index >= 15 is 0 Å². The van der Waals surface area contributed by atoms with Crippen molar-refractivity contribution in [1.29, 1.82) is 0 Å². The second kappa shape index (κ2) is 11.2. The maximum absolute atomic E-state index is 13.2. The Labute approximate surface area is 228 Å². The number of carbonyl (C=O) groups is 1. The molecule has 0 radical (unpaired) electrons. The molecule has 39 heavy (non-hydrogen) atoms. The molecule has 0 spiro atoms. The summed E-state index contributed by atoms with van der Waals surface area (Å²) in [6.45, 7) is 5.03. The van der Waals surface area contributed by atoms with Crippen molar-refractivity contribution >= 4 is 21.7 Å². The number of ether oxygens (including phenoxy) is 3. The first-order chi connectivity index (χ1) is 18.7. The van der Waals surface area contributed by atoms with Crippen molar-refractivity contribution in [2.45, 2.75) is 43.8 Å². The summed E-state index contributed by atoms with van der Waals surface area (Å²) in [5.74, 6) is 1.31. The van der Waals surface area contributed by atoms with Gasteiger partial charge in [-0.05, 0) is 69.2 Å². The van der Waals surface area contributed by atoms with E-state index in [1.165, 1.54) is 16.4 Å². The third-order valence-corrected chi connectivity index (χ3v) is 8.39. The van der Waals surface area contributed by atoms with Crippen LogP contribution in [-0.2, 0) is 21.8 Å². The number of rotatable bonds is 9. The van der Waals surface area contributed by atoms with Crippen LogP contribution in [0, 0.1) is 0 Å². The maximum Gasteiger partial charge on any atom is 0.257 e. The Kier molecular flexibility index (Phi) is 7.74. The number of carbonyl (C=O) groups excluding carboxylic acids is 1. The molecular formula is C28H32N4O6S. The van der Waals surface area contributed by atoms with Gasteiger partial charge in [0.05, 0.1) is 17.1 Å². The van der Waals surface area contributed by atoms with Gasteiger partial charge >= 0.3 is 0 Å². The minimum absolute atomic E-state index is 0.0311. The number of morpholine rings is 1. The van der Waals surface area contributed by atoms with Crippen LogP contribution in [-0.4, -0.2) is 60.3 Å². The summed E-state index contributed by atoms with van der Waals surface area (Å²) in [7, 11) is -1.87. The predicted octanol–water partition coefficient (Wildman–Crippen LogP) is 4.36. The standard InChI is InChI=1S/C28H32N4O6S/c1-19(2)11-13-36-24-14-20(28(33)29-27-10-12-31(3)30-27)15-25(16-24)37-21-6-8-26(9-7-21)39(34,35)32-17-22-4-5-23(18-32)38-22/h6-12,14-16,22-23H,4-5,13,17-18H2,1-3H3,(H,29,30,33). The first-order valence-corrected chi connectivity index (χ1v) is 14.3. The molecule has 2 atom stereocenters. The van der Waals surface area contributed by atoms with Gasteiger partial charge in [0.2, 0.25) is 10.0 Å². The van der Waals surface area contributed by atoms with Crippen molar-refractivity contribution in [2.75, 3.05) is 25.0 Å². The van der Waals surface area contributed by atoms with E-state index in [9.17, 15) is 13.2 Å². The molecule has 2 bridgehead atoms. The van der Waals surface area contributed by atoms with Gasteiger partial charge in [-0.1, -0.05) is 5.57 Å². The number of nitrogens with zero attached hydrogens (tertiary/aromatic N) is 3. The van der Waals surface area contributed by atoms with Crippen LogP contribution < -0.4 is 14.8 Å². The van der Waals surface area contributed by atoms with E-state index in [0.29, 0.717) is 48.3 Å². The summed E-state index contributed by atoms with van der Waals surface area (Å²) >= 11 is 0. The number of amides is 1. The van der Waals surface area contributed by atoms with E-state index in [1.54, 1.807) is 54.3 Å². The first-order valence-electron chi connectivity index (χ1n) is 12.8. The van der Waals surface area contributed by atoms with Crippen LogP contribution in [0.25, 0.3) is 0 Å². The van der Waals surface area contributed by atoms with E-state index in [0.717, 1.165) is 18.4 Å².